The summed E-state index contributed by atoms with van der Waals surface area (Å²) in [6.07, 6.45) is 5.57. The van der Waals surface area contributed by atoms with E-state index in [1.165, 1.54) is 12.1 Å². The topological polar surface area (TPSA) is 116 Å². The Balaban J connectivity index is 0.000000330. The van der Waals surface area contributed by atoms with Crippen LogP contribution >= 0.6 is 11.3 Å². The van der Waals surface area contributed by atoms with Crippen molar-refractivity contribution in [2.75, 3.05) is 13.2 Å². The number of aromatic carboxylic acids is 1. The van der Waals surface area contributed by atoms with Crippen LogP contribution in [0, 0.1) is 12.7 Å². The number of thiazole rings is 1. The normalized spacial score (nSPS) is 14.5. The molecule has 1 fully saturated rings. The lowest BCUT2D eigenvalue weighted by molar-refractivity contribution is 0.0701. The Bertz CT molecular complexity index is 1060. The molecule has 10 heteroatoms. The third-order valence-corrected chi connectivity index (χ3v) is 5.76. The summed E-state index contributed by atoms with van der Waals surface area (Å²) in [5.41, 5.74) is 8.10. The van der Waals surface area contributed by atoms with Crippen LogP contribution in [0.2, 0.25) is 0 Å². The molecule has 3 aromatic rings. The second-order valence-corrected chi connectivity index (χ2v) is 8.04. The van der Waals surface area contributed by atoms with Crippen molar-refractivity contribution in [3.8, 4) is 11.3 Å². The van der Waals surface area contributed by atoms with E-state index in [1.807, 2.05) is 0 Å². The number of carboxylic acids is 1. The second kappa shape index (κ2) is 10.4. The maximum Gasteiger partial charge on any atom is 0.347 e. The molecule has 0 radical (unpaired) electrons. The quantitative estimate of drug-likeness (QED) is 0.632. The van der Waals surface area contributed by atoms with E-state index in [2.05, 4.69) is 15.3 Å². The first-order valence-corrected chi connectivity index (χ1v) is 10.5. The van der Waals surface area contributed by atoms with E-state index in [0.717, 1.165) is 43.0 Å². The van der Waals surface area contributed by atoms with Crippen LogP contribution < -0.4 is 5.73 Å². The van der Waals surface area contributed by atoms with Gasteiger partial charge in [0.25, 0.3) is 0 Å². The lowest BCUT2D eigenvalue weighted by atomic mass is 10.1. The number of aromatic nitrogens is 4. The summed E-state index contributed by atoms with van der Waals surface area (Å²) in [7, 11) is 1.75. The van der Waals surface area contributed by atoms with Crippen molar-refractivity contribution >= 4 is 29.5 Å². The second-order valence-electron chi connectivity index (χ2n) is 7.01. The first-order valence-electron chi connectivity index (χ1n) is 9.73. The maximum absolute atomic E-state index is 13.1. The lowest BCUT2D eigenvalue weighted by Gasteiger charge is -2.16. The van der Waals surface area contributed by atoms with Gasteiger partial charge in [0.1, 0.15) is 21.4 Å². The molecule has 1 aliphatic heterocycles. The van der Waals surface area contributed by atoms with E-state index in [1.54, 1.807) is 42.9 Å². The molecule has 0 amide bonds. The first-order chi connectivity index (χ1) is 14.8. The predicted octanol–water partition coefficient (Wildman–Crippen LogP) is 3.38. The van der Waals surface area contributed by atoms with Crippen LogP contribution in [0.5, 0.6) is 0 Å². The maximum atomic E-state index is 13.1. The average molecular weight is 446 g/mol. The highest BCUT2D eigenvalue weighted by Crippen LogP contribution is 2.24. The van der Waals surface area contributed by atoms with E-state index >= 15 is 0 Å². The molecule has 0 unspecified atom stereocenters. The minimum absolute atomic E-state index is 0.219. The molecular weight excluding hydrogens is 421 g/mol. The highest BCUT2D eigenvalue weighted by Gasteiger charge is 2.14. The standard InChI is InChI=1S/C16H13FN4O2S.C5H11NO/c1-9-15(16(22)23)24-13(18-9)8-7-12-14(19-20-21(12)2)10-3-5-11(17)6-4-10;6-5-1-3-7-4-2-5/h3-8H,1-2H3,(H,22,23);5H,1-4,6H2/b8-7+;. The van der Waals surface area contributed by atoms with E-state index in [4.69, 9.17) is 15.6 Å². The smallest absolute Gasteiger partial charge is 0.347 e. The molecule has 1 saturated heterocycles. The molecule has 0 bridgehead atoms. The first kappa shape index (κ1) is 22.7. The molecule has 2 aromatic heterocycles. The van der Waals surface area contributed by atoms with Gasteiger partial charge in [-0.2, -0.15) is 0 Å². The van der Waals surface area contributed by atoms with Gasteiger partial charge >= 0.3 is 5.97 Å². The van der Waals surface area contributed by atoms with Crippen molar-refractivity contribution in [2.24, 2.45) is 12.8 Å². The van der Waals surface area contributed by atoms with Crippen molar-refractivity contribution < 1.29 is 19.0 Å². The van der Waals surface area contributed by atoms with Gasteiger partial charge in [-0.05, 0) is 56.2 Å². The number of halogens is 1. The molecule has 3 heterocycles. The number of nitrogens with zero attached hydrogens (tertiary/aromatic N) is 4. The van der Waals surface area contributed by atoms with Gasteiger partial charge in [-0.25, -0.2) is 18.9 Å². The van der Waals surface area contributed by atoms with E-state index in [-0.39, 0.29) is 10.7 Å². The molecule has 0 atom stereocenters. The Morgan fingerprint density at radius 1 is 1.29 bits per heavy atom. The molecular formula is C21H24FN5O3S. The zero-order chi connectivity index (χ0) is 22.4. The summed E-state index contributed by atoms with van der Waals surface area (Å²) in [4.78, 5) is 15.5. The average Bonchev–Trinajstić information content (AvgIpc) is 3.30. The summed E-state index contributed by atoms with van der Waals surface area (Å²) >= 11 is 1.10. The Morgan fingerprint density at radius 3 is 2.52 bits per heavy atom. The molecule has 0 saturated carbocycles. The van der Waals surface area contributed by atoms with E-state index < -0.39 is 5.97 Å². The van der Waals surface area contributed by atoms with Gasteiger partial charge in [-0.3, -0.25) is 0 Å². The van der Waals surface area contributed by atoms with Crippen LogP contribution in [0.3, 0.4) is 0 Å². The number of carboxylic acid groups (broad SMARTS) is 1. The fourth-order valence-electron chi connectivity index (χ4n) is 2.92. The number of nitrogens with two attached hydrogens (primary N) is 1. The summed E-state index contributed by atoms with van der Waals surface area (Å²) < 4.78 is 19.7. The van der Waals surface area contributed by atoms with Crippen molar-refractivity contribution in [3.05, 3.63) is 51.4 Å². The molecule has 31 heavy (non-hydrogen) atoms. The number of rotatable bonds is 4. The zero-order valence-electron chi connectivity index (χ0n) is 17.3. The fourth-order valence-corrected chi connectivity index (χ4v) is 3.73. The van der Waals surface area contributed by atoms with E-state index in [9.17, 15) is 9.18 Å². The lowest BCUT2D eigenvalue weighted by Crippen LogP contribution is -2.28. The monoisotopic (exact) mass is 445 g/mol. The summed E-state index contributed by atoms with van der Waals surface area (Å²) in [6, 6.07) is 6.40. The van der Waals surface area contributed by atoms with Crippen molar-refractivity contribution in [2.45, 2.75) is 25.8 Å². The van der Waals surface area contributed by atoms with Gasteiger partial charge in [0.05, 0.1) is 11.4 Å². The van der Waals surface area contributed by atoms with Gasteiger partial charge < -0.3 is 15.6 Å². The van der Waals surface area contributed by atoms with Crippen LogP contribution in [0.4, 0.5) is 4.39 Å². The molecule has 1 aliphatic rings. The number of hydrogen-bond acceptors (Lipinski definition) is 7. The minimum atomic E-state index is -0.987. The Morgan fingerprint density at radius 2 is 1.97 bits per heavy atom. The number of aryl methyl sites for hydroxylation is 2. The van der Waals surface area contributed by atoms with E-state index in [0.29, 0.717) is 28.1 Å². The Hall–Kier alpha value is -2.95. The van der Waals surface area contributed by atoms with Crippen LogP contribution in [0.1, 0.15) is 38.9 Å². The molecule has 4 rings (SSSR count). The van der Waals surface area contributed by atoms with Crippen LogP contribution in [-0.4, -0.2) is 50.3 Å². The molecule has 1 aromatic carbocycles. The zero-order valence-corrected chi connectivity index (χ0v) is 18.1. The molecule has 0 aliphatic carbocycles. The van der Waals surface area contributed by atoms with Gasteiger partial charge in [0, 0.05) is 31.9 Å². The SMILES string of the molecule is Cc1nc(/C=C/c2c(-c3ccc(F)cc3)nnn2C)sc1C(=O)O.NC1CCOCC1. The summed E-state index contributed by atoms with van der Waals surface area (Å²) in [6.45, 7) is 3.38. The summed E-state index contributed by atoms with van der Waals surface area (Å²) in [5.74, 6) is -1.31. The Kier molecular flexibility index (Phi) is 7.61. The van der Waals surface area contributed by atoms with Crippen molar-refractivity contribution in [3.63, 3.8) is 0 Å². The fraction of sp³-hybridized carbons (Fsp3) is 0.333. The summed E-state index contributed by atoms with van der Waals surface area (Å²) in [5, 5.41) is 17.8. The highest BCUT2D eigenvalue weighted by molar-refractivity contribution is 7.14. The van der Waals surface area contributed by atoms with Crippen LogP contribution in [0.15, 0.2) is 24.3 Å². The van der Waals surface area contributed by atoms with Gasteiger partial charge in [-0.15, -0.1) is 16.4 Å². The molecule has 0 spiro atoms. The number of ether oxygens (including phenoxy) is 1. The third kappa shape index (κ3) is 6.03. The number of hydrogen-bond donors (Lipinski definition) is 2. The third-order valence-electron chi connectivity index (χ3n) is 4.64. The predicted molar refractivity (Wildman–Crippen MR) is 117 cm³/mol. The number of benzene rings is 1. The van der Waals surface area contributed by atoms with Gasteiger partial charge in [-0.1, -0.05) is 5.21 Å². The molecule has 164 valence electrons. The molecule has 8 nitrogen and oxygen atoms in total. The molecule has 3 N–H and O–H groups in total. The van der Waals surface area contributed by atoms with Gasteiger partial charge in [0.2, 0.25) is 0 Å². The van der Waals surface area contributed by atoms with Gasteiger partial charge in [0.15, 0.2) is 0 Å². The highest BCUT2D eigenvalue weighted by atomic mass is 32.1. The number of carbonyl (C=O) groups is 1. The largest absolute Gasteiger partial charge is 0.477 e. The van der Waals surface area contributed by atoms with Crippen molar-refractivity contribution in [1.29, 1.82) is 0 Å². The van der Waals surface area contributed by atoms with Crippen LogP contribution in [-0.2, 0) is 11.8 Å². The minimum Gasteiger partial charge on any atom is -0.477 e. The van der Waals surface area contributed by atoms with Crippen LogP contribution in [0.25, 0.3) is 23.4 Å². The Labute approximate surface area is 183 Å². The van der Waals surface area contributed by atoms with Crippen molar-refractivity contribution in [1.82, 2.24) is 20.0 Å².